The summed E-state index contributed by atoms with van der Waals surface area (Å²) in [7, 11) is 3.25. The highest BCUT2D eigenvalue weighted by Crippen LogP contribution is 2.25. The largest absolute Gasteiger partial charge is 0.497 e. The quantitative estimate of drug-likeness (QED) is 0.798. The van der Waals surface area contributed by atoms with Gasteiger partial charge in [-0.15, -0.1) is 0 Å². The Morgan fingerprint density at radius 2 is 2.05 bits per heavy atom. The SMILES string of the molecule is COc1ccc(CNc2cc(C(N)=S)ccn2)c(OC)c1. The Balaban J connectivity index is 2.12. The zero-order valence-electron chi connectivity index (χ0n) is 11.9. The van der Waals surface area contributed by atoms with Crippen LogP contribution >= 0.6 is 12.2 Å². The number of benzene rings is 1. The maximum atomic E-state index is 5.61. The Labute approximate surface area is 129 Å². The number of pyridine rings is 1. The first-order valence-electron chi connectivity index (χ1n) is 6.34. The highest BCUT2D eigenvalue weighted by atomic mass is 32.1. The number of thiocarbonyl (C=S) groups is 1. The first-order valence-corrected chi connectivity index (χ1v) is 6.75. The highest BCUT2D eigenvalue weighted by Gasteiger charge is 2.06. The summed E-state index contributed by atoms with van der Waals surface area (Å²) in [6.45, 7) is 0.570. The number of ether oxygens (including phenoxy) is 2. The standard InChI is InChI=1S/C15H17N3O2S/c1-19-12-4-3-11(13(8-12)20-2)9-18-14-7-10(15(16)21)5-6-17-14/h3-8H,9H2,1-2H3,(H2,16,21)(H,17,18). The van der Waals surface area contributed by atoms with Crippen molar-refractivity contribution in [3.63, 3.8) is 0 Å². The fourth-order valence-corrected chi connectivity index (χ4v) is 1.99. The molecule has 0 saturated heterocycles. The van der Waals surface area contributed by atoms with Crippen molar-refractivity contribution in [1.29, 1.82) is 0 Å². The molecule has 110 valence electrons. The Kier molecular flexibility index (Phi) is 4.94. The third-order valence-corrected chi connectivity index (χ3v) is 3.23. The number of nitrogens with zero attached hydrogens (tertiary/aromatic N) is 1. The zero-order valence-corrected chi connectivity index (χ0v) is 12.7. The van der Waals surface area contributed by atoms with Crippen molar-refractivity contribution in [3.05, 3.63) is 47.7 Å². The minimum absolute atomic E-state index is 0.350. The predicted molar refractivity (Wildman–Crippen MR) is 87.0 cm³/mol. The lowest BCUT2D eigenvalue weighted by atomic mass is 10.2. The molecule has 0 bridgehead atoms. The molecule has 6 heteroatoms. The molecule has 0 fully saturated rings. The molecule has 2 rings (SSSR count). The number of hydrogen-bond donors (Lipinski definition) is 2. The second-order valence-electron chi connectivity index (χ2n) is 4.33. The van der Waals surface area contributed by atoms with E-state index in [-0.39, 0.29) is 0 Å². The Hall–Kier alpha value is -2.34. The molecule has 0 aliphatic heterocycles. The third-order valence-electron chi connectivity index (χ3n) is 3.00. The van der Waals surface area contributed by atoms with E-state index < -0.39 is 0 Å². The molecule has 1 aromatic carbocycles. The zero-order chi connectivity index (χ0) is 15.2. The second kappa shape index (κ2) is 6.90. The summed E-state index contributed by atoms with van der Waals surface area (Å²) < 4.78 is 10.5. The van der Waals surface area contributed by atoms with E-state index in [0.717, 1.165) is 22.6 Å². The van der Waals surface area contributed by atoms with Gasteiger partial charge in [-0.1, -0.05) is 12.2 Å². The van der Waals surface area contributed by atoms with Crippen LogP contribution in [0.5, 0.6) is 11.5 Å². The van der Waals surface area contributed by atoms with Gasteiger partial charge in [0, 0.05) is 29.9 Å². The molecule has 0 atom stereocenters. The first kappa shape index (κ1) is 15.1. The monoisotopic (exact) mass is 303 g/mol. The van der Waals surface area contributed by atoms with Gasteiger partial charge in [-0.05, 0) is 24.3 Å². The van der Waals surface area contributed by atoms with Crippen LogP contribution in [0.3, 0.4) is 0 Å². The molecule has 5 nitrogen and oxygen atoms in total. The predicted octanol–water partition coefficient (Wildman–Crippen LogP) is 2.35. The van der Waals surface area contributed by atoms with Crippen molar-refractivity contribution in [3.8, 4) is 11.5 Å². The van der Waals surface area contributed by atoms with E-state index in [4.69, 9.17) is 27.4 Å². The van der Waals surface area contributed by atoms with Crippen LogP contribution in [0.2, 0.25) is 0 Å². The summed E-state index contributed by atoms with van der Waals surface area (Å²) in [5.41, 5.74) is 7.39. The topological polar surface area (TPSA) is 69.4 Å². The van der Waals surface area contributed by atoms with Gasteiger partial charge >= 0.3 is 0 Å². The van der Waals surface area contributed by atoms with E-state index in [1.54, 1.807) is 26.5 Å². The molecule has 0 spiro atoms. The molecule has 0 saturated carbocycles. The van der Waals surface area contributed by atoms with Gasteiger partial charge in [0.05, 0.1) is 14.2 Å². The van der Waals surface area contributed by atoms with Gasteiger partial charge in [-0.25, -0.2) is 4.98 Å². The Morgan fingerprint density at radius 3 is 2.71 bits per heavy atom. The molecule has 0 aliphatic carbocycles. The van der Waals surface area contributed by atoms with E-state index in [2.05, 4.69) is 10.3 Å². The first-order chi connectivity index (χ1) is 10.1. The van der Waals surface area contributed by atoms with Crippen LogP contribution in [-0.2, 0) is 6.54 Å². The van der Waals surface area contributed by atoms with Crippen LogP contribution in [0.15, 0.2) is 36.5 Å². The molecule has 3 N–H and O–H groups in total. The van der Waals surface area contributed by atoms with Gasteiger partial charge in [0.25, 0.3) is 0 Å². The summed E-state index contributed by atoms with van der Waals surface area (Å²) in [6, 6.07) is 9.27. The number of nitrogens with two attached hydrogens (primary N) is 1. The molecule has 1 heterocycles. The third kappa shape index (κ3) is 3.82. The van der Waals surface area contributed by atoms with Crippen LogP contribution < -0.4 is 20.5 Å². The fourth-order valence-electron chi connectivity index (χ4n) is 1.86. The van der Waals surface area contributed by atoms with Gasteiger partial charge in [0.1, 0.15) is 22.3 Å². The van der Waals surface area contributed by atoms with Gasteiger partial charge < -0.3 is 20.5 Å². The summed E-state index contributed by atoms with van der Waals surface area (Å²) in [6.07, 6.45) is 1.67. The molecular formula is C15H17N3O2S. The van der Waals surface area contributed by atoms with Crippen molar-refractivity contribution >= 4 is 23.0 Å². The van der Waals surface area contributed by atoms with Crippen LogP contribution in [-0.4, -0.2) is 24.2 Å². The normalized spacial score (nSPS) is 10.0. The van der Waals surface area contributed by atoms with Crippen molar-refractivity contribution in [2.75, 3.05) is 19.5 Å². The number of aromatic nitrogens is 1. The highest BCUT2D eigenvalue weighted by molar-refractivity contribution is 7.80. The van der Waals surface area contributed by atoms with Crippen molar-refractivity contribution in [1.82, 2.24) is 4.98 Å². The molecule has 0 aliphatic rings. The van der Waals surface area contributed by atoms with E-state index in [0.29, 0.717) is 17.4 Å². The number of rotatable bonds is 6. The average molecular weight is 303 g/mol. The van der Waals surface area contributed by atoms with Crippen LogP contribution in [0.25, 0.3) is 0 Å². The maximum absolute atomic E-state index is 5.61. The molecular weight excluding hydrogens is 286 g/mol. The van der Waals surface area contributed by atoms with Crippen molar-refractivity contribution in [2.24, 2.45) is 5.73 Å². The number of nitrogens with one attached hydrogen (secondary N) is 1. The lowest BCUT2D eigenvalue weighted by Gasteiger charge is -2.12. The van der Waals surface area contributed by atoms with Gasteiger partial charge in [0.15, 0.2) is 0 Å². The van der Waals surface area contributed by atoms with Crippen LogP contribution in [0.1, 0.15) is 11.1 Å². The number of hydrogen-bond acceptors (Lipinski definition) is 5. The van der Waals surface area contributed by atoms with Crippen molar-refractivity contribution < 1.29 is 9.47 Å². The van der Waals surface area contributed by atoms with Crippen LogP contribution in [0, 0.1) is 0 Å². The van der Waals surface area contributed by atoms with Gasteiger partial charge in [-0.2, -0.15) is 0 Å². The van der Waals surface area contributed by atoms with E-state index in [1.807, 2.05) is 24.3 Å². The fraction of sp³-hybridized carbons (Fsp3) is 0.200. The van der Waals surface area contributed by atoms with Gasteiger partial charge in [-0.3, -0.25) is 0 Å². The van der Waals surface area contributed by atoms with Gasteiger partial charge in [0.2, 0.25) is 0 Å². The minimum Gasteiger partial charge on any atom is -0.497 e. The van der Waals surface area contributed by atoms with Crippen molar-refractivity contribution in [2.45, 2.75) is 6.54 Å². The summed E-state index contributed by atoms with van der Waals surface area (Å²) in [4.78, 5) is 4.58. The average Bonchev–Trinajstić information content (AvgIpc) is 2.53. The molecule has 0 radical (unpaired) electrons. The number of methoxy groups -OCH3 is 2. The Morgan fingerprint density at radius 1 is 1.24 bits per heavy atom. The van der Waals surface area contributed by atoms with E-state index in [1.165, 1.54) is 0 Å². The number of anilines is 1. The molecule has 1 aromatic heterocycles. The maximum Gasteiger partial charge on any atom is 0.127 e. The van der Waals surface area contributed by atoms with E-state index >= 15 is 0 Å². The summed E-state index contributed by atoms with van der Waals surface area (Å²) in [5.74, 6) is 2.22. The second-order valence-corrected chi connectivity index (χ2v) is 4.77. The molecule has 21 heavy (non-hydrogen) atoms. The lowest BCUT2D eigenvalue weighted by molar-refractivity contribution is 0.391. The molecule has 0 amide bonds. The summed E-state index contributed by atoms with van der Waals surface area (Å²) in [5, 5.41) is 3.22. The molecule has 0 unspecified atom stereocenters. The van der Waals surface area contributed by atoms with E-state index in [9.17, 15) is 0 Å². The molecule has 2 aromatic rings. The lowest BCUT2D eigenvalue weighted by Crippen LogP contribution is -2.10. The van der Waals surface area contributed by atoms with Crippen LogP contribution in [0.4, 0.5) is 5.82 Å². The minimum atomic E-state index is 0.350. The summed E-state index contributed by atoms with van der Waals surface area (Å²) >= 11 is 4.95. The Bertz CT molecular complexity index is 647. The smallest absolute Gasteiger partial charge is 0.127 e.